The number of nitrogens with one attached hydrogen (secondary N) is 3. The smallest absolute Gasteiger partial charge is 0.314 e. The van der Waals surface area contributed by atoms with Crippen LogP contribution >= 0.6 is 0 Å². The highest BCUT2D eigenvalue weighted by molar-refractivity contribution is 5.97. The number of rotatable bonds is 4. The third-order valence-electron chi connectivity index (χ3n) is 5.67. The lowest BCUT2D eigenvalue weighted by Gasteiger charge is -2.21. The van der Waals surface area contributed by atoms with Crippen LogP contribution in [0.1, 0.15) is 42.5 Å². The topological polar surface area (TPSA) is 94.8 Å². The fourth-order valence-electron chi connectivity index (χ4n) is 4.46. The lowest BCUT2D eigenvalue weighted by atomic mass is 9.86. The lowest BCUT2D eigenvalue weighted by Crippen LogP contribution is -2.29. The average Bonchev–Trinajstić information content (AvgIpc) is 3.18. The standard InChI is InChI=1S/C18H21N3O3/c22-16(19-6-5-12-8-10-1-2-11(12)7-10)13-3-4-14-15(9-13)21-18(24)17(23)20-14/h3-4,9-12H,1-2,5-8H2,(H,19,22)(H,20,23)(H,21,24). The first-order valence-corrected chi connectivity index (χ1v) is 8.65. The van der Waals surface area contributed by atoms with Crippen LogP contribution in [0.15, 0.2) is 27.8 Å². The van der Waals surface area contributed by atoms with Crippen LogP contribution in [0.2, 0.25) is 0 Å². The van der Waals surface area contributed by atoms with Crippen molar-refractivity contribution in [2.45, 2.75) is 32.1 Å². The Kier molecular flexibility index (Phi) is 3.75. The monoisotopic (exact) mass is 327 g/mol. The van der Waals surface area contributed by atoms with Crippen molar-refractivity contribution >= 4 is 16.9 Å². The van der Waals surface area contributed by atoms with E-state index < -0.39 is 11.1 Å². The Balaban J connectivity index is 1.40. The summed E-state index contributed by atoms with van der Waals surface area (Å²) in [4.78, 5) is 40.0. The molecule has 0 saturated heterocycles. The molecule has 1 aromatic heterocycles. The van der Waals surface area contributed by atoms with Crippen molar-refractivity contribution in [2.24, 2.45) is 17.8 Å². The van der Waals surface area contributed by atoms with Crippen molar-refractivity contribution in [3.05, 3.63) is 44.5 Å². The van der Waals surface area contributed by atoms with Gasteiger partial charge in [0.1, 0.15) is 0 Å². The molecular formula is C18H21N3O3. The van der Waals surface area contributed by atoms with E-state index in [0.717, 1.165) is 24.2 Å². The Morgan fingerprint density at radius 2 is 1.88 bits per heavy atom. The van der Waals surface area contributed by atoms with Gasteiger partial charge in [-0.2, -0.15) is 0 Å². The molecule has 3 atom stereocenters. The summed E-state index contributed by atoms with van der Waals surface area (Å²) >= 11 is 0. The molecule has 4 rings (SSSR count). The number of aromatic nitrogens is 2. The van der Waals surface area contributed by atoms with Gasteiger partial charge in [0.05, 0.1) is 11.0 Å². The summed E-state index contributed by atoms with van der Waals surface area (Å²) in [6, 6.07) is 4.89. The van der Waals surface area contributed by atoms with E-state index in [1.165, 1.54) is 25.7 Å². The van der Waals surface area contributed by atoms with Gasteiger partial charge in [0, 0.05) is 12.1 Å². The molecule has 2 bridgehead atoms. The van der Waals surface area contributed by atoms with Gasteiger partial charge < -0.3 is 15.3 Å². The predicted molar refractivity (Wildman–Crippen MR) is 91.1 cm³/mol. The predicted octanol–water partition coefficient (Wildman–Crippen LogP) is 1.77. The van der Waals surface area contributed by atoms with Gasteiger partial charge in [-0.1, -0.05) is 6.42 Å². The summed E-state index contributed by atoms with van der Waals surface area (Å²) in [5.74, 6) is 2.42. The molecule has 6 nitrogen and oxygen atoms in total. The van der Waals surface area contributed by atoms with Crippen LogP contribution < -0.4 is 16.4 Å². The molecule has 2 fully saturated rings. The Labute approximate surface area is 138 Å². The zero-order valence-corrected chi connectivity index (χ0v) is 13.4. The van der Waals surface area contributed by atoms with E-state index in [2.05, 4.69) is 15.3 Å². The summed E-state index contributed by atoms with van der Waals surface area (Å²) in [5.41, 5.74) is 0.0542. The quantitative estimate of drug-likeness (QED) is 0.747. The molecule has 24 heavy (non-hydrogen) atoms. The van der Waals surface area contributed by atoms with Crippen LogP contribution in [0.25, 0.3) is 11.0 Å². The molecular weight excluding hydrogens is 306 g/mol. The van der Waals surface area contributed by atoms with Gasteiger partial charge in [-0.15, -0.1) is 0 Å². The number of hydrogen-bond acceptors (Lipinski definition) is 3. The largest absolute Gasteiger partial charge is 0.352 e. The first kappa shape index (κ1) is 15.2. The third kappa shape index (κ3) is 2.77. The summed E-state index contributed by atoms with van der Waals surface area (Å²) in [6.45, 7) is 0.687. The Morgan fingerprint density at radius 1 is 1.08 bits per heavy atom. The van der Waals surface area contributed by atoms with Crippen LogP contribution in [0, 0.1) is 17.8 Å². The van der Waals surface area contributed by atoms with Crippen molar-refractivity contribution in [3.63, 3.8) is 0 Å². The fraction of sp³-hybridized carbons (Fsp3) is 0.500. The van der Waals surface area contributed by atoms with Gasteiger partial charge in [-0.05, 0) is 61.6 Å². The number of benzene rings is 1. The minimum Gasteiger partial charge on any atom is -0.352 e. The summed E-state index contributed by atoms with van der Waals surface area (Å²) in [7, 11) is 0. The zero-order chi connectivity index (χ0) is 16.7. The Morgan fingerprint density at radius 3 is 2.58 bits per heavy atom. The lowest BCUT2D eigenvalue weighted by molar-refractivity contribution is 0.0950. The van der Waals surface area contributed by atoms with Gasteiger partial charge in [0.15, 0.2) is 0 Å². The van der Waals surface area contributed by atoms with Crippen LogP contribution in [0.4, 0.5) is 0 Å². The first-order valence-electron chi connectivity index (χ1n) is 8.65. The Bertz CT molecular complexity index is 898. The molecule has 2 aliphatic carbocycles. The van der Waals surface area contributed by atoms with Crippen molar-refractivity contribution in [1.29, 1.82) is 0 Å². The molecule has 1 amide bonds. The van der Waals surface area contributed by atoms with Crippen molar-refractivity contribution in [2.75, 3.05) is 6.54 Å². The molecule has 6 heteroatoms. The summed E-state index contributed by atoms with van der Waals surface area (Å²) < 4.78 is 0. The minimum absolute atomic E-state index is 0.146. The average molecular weight is 327 g/mol. The molecule has 0 spiro atoms. The first-order chi connectivity index (χ1) is 11.6. The summed E-state index contributed by atoms with van der Waals surface area (Å²) in [5, 5.41) is 2.97. The van der Waals surface area contributed by atoms with Crippen molar-refractivity contribution in [1.82, 2.24) is 15.3 Å². The maximum absolute atomic E-state index is 12.3. The molecule has 2 aromatic rings. The third-order valence-corrected chi connectivity index (χ3v) is 5.67. The highest BCUT2D eigenvalue weighted by Crippen LogP contribution is 2.49. The number of amides is 1. The van der Waals surface area contributed by atoms with Gasteiger partial charge in [0.2, 0.25) is 0 Å². The second-order valence-corrected chi connectivity index (χ2v) is 7.15. The van der Waals surface area contributed by atoms with E-state index in [4.69, 9.17) is 0 Å². The molecule has 0 aliphatic heterocycles. The van der Waals surface area contributed by atoms with Crippen LogP contribution in [0.3, 0.4) is 0 Å². The van der Waals surface area contributed by atoms with Gasteiger partial charge in [0.25, 0.3) is 5.91 Å². The number of fused-ring (bicyclic) bond motifs is 3. The molecule has 2 saturated carbocycles. The molecule has 126 valence electrons. The summed E-state index contributed by atoms with van der Waals surface area (Å²) in [6.07, 6.45) is 6.51. The highest BCUT2D eigenvalue weighted by Gasteiger charge is 2.38. The highest BCUT2D eigenvalue weighted by atomic mass is 16.2. The molecule has 3 N–H and O–H groups in total. The number of H-pyrrole nitrogens is 2. The second kappa shape index (κ2) is 5.92. The van der Waals surface area contributed by atoms with Crippen molar-refractivity contribution < 1.29 is 4.79 Å². The second-order valence-electron chi connectivity index (χ2n) is 7.15. The van der Waals surface area contributed by atoms with Gasteiger partial charge in [-0.3, -0.25) is 14.4 Å². The number of carbonyl (C=O) groups is 1. The van der Waals surface area contributed by atoms with E-state index in [1.807, 2.05) is 0 Å². The number of aromatic amines is 2. The van der Waals surface area contributed by atoms with Crippen LogP contribution in [-0.4, -0.2) is 22.4 Å². The van der Waals surface area contributed by atoms with Gasteiger partial charge >= 0.3 is 11.1 Å². The van der Waals surface area contributed by atoms with Gasteiger partial charge in [-0.25, -0.2) is 0 Å². The molecule has 2 aliphatic rings. The SMILES string of the molecule is O=C(NCCC1CC2CCC1C2)c1ccc2[nH]c(=O)c(=O)[nH]c2c1. The number of hydrogen-bond donors (Lipinski definition) is 3. The van der Waals surface area contributed by atoms with E-state index in [9.17, 15) is 14.4 Å². The molecule has 1 aromatic carbocycles. The minimum atomic E-state index is -0.712. The van der Waals surface area contributed by atoms with Crippen LogP contribution in [0.5, 0.6) is 0 Å². The maximum Gasteiger partial charge on any atom is 0.314 e. The van der Waals surface area contributed by atoms with Crippen molar-refractivity contribution in [3.8, 4) is 0 Å². The fourth-order valence-corrected chi connectivity index (χ4v) is 4.46. The van der Waals surface area contributed by atoms with E-state index in [-0.39, 0.29) is 5.91 Å². The zero-order valence-electron chi connectivity index (χ0n) is 13.4. The Hall–Kier alpha value is -2.37. The van der Waals surface area contributed by atoms with E-state index >= 15 is 0 Å². The number of carbonyl (C=O) groups excluding carboxylic acids is 1. The molecule has 3 unspecified atom stereocenters. The van der Waals surface area contributed by atoms with E-state index in [0.29, 0.717) is 23.1 Å². The maximum atomic E-state index is 12.3. The van der Waals surface area contributed by atoms with E-state index in [1.54, 1.807) is 18.2 Å². The normalized spacial score (nSPS) is 25.2. The molecule has 0 radical (unpaired) electrons. The van der Waals surface area contributed by atoms with Crippen LogP contribution in [-0.2, 0) is 0 Å². The molecule has 1 heterocycles.